The van der Waals surface area contributed by atoms with Crippen molar-refractivity contribution in [3.05, 3.63) is 30.3 Å². The number of carbonyl (C=O) groups excluding carboxylic acids is 3. The number of ketones is 1. The lowest BCUT2D eigenvalue weighted by Crippen LogP contribution is -2.47. The first kappa shape index (κ1) is 17.9. The van der Waals surface area contributed by atoms with E-state index in [0.717, 1.165) is 4.90 Å². The normalized spacial score (nSPS) is 15.2. The van der Waals surface area contributed by atoms with Crippen LogP contribution < -0.4 is 4.74 Å². The first-order chi connectivity index (χ1) is 11.2. The third-order valence-electron chi connectivity index (χ3n) is 3.23. The second-order valence-electron chi connectivity index (χ2n) is 6.57. The molecule has 1 heterocycles. The van der Waals surface area contributed by atoms with Crippen molar-refractivity contribution in [2.24, 2.45) is 0 Å². The molecule has 1 aliphatic rings. The Balaban J connectivity index is 2.10. The Hall–Kier alpha value is -2.41. The van der Waals surface area contributed by atoms with Gasteiger partial charge in [0.15, 0.2) is 0 Å². The van der Waals surface area contributed by atoms with E-state index in [1.165, 1.54) is 0 Å². The zero-order valence-electron chi connectivity index (χ0n) is 14.2. The molecule has 1 saturated heterocycles. The van der Waals surface area contributed by atoms with Gasteiger partial charge in [0.05, 0.1) is 13.2 Å². The van der Waals surface area contributed by atoms with Crippen molar-refractivity contribution in [2.45, 2.75) is 32.8 Å². The highest BCUT2D eigenvalue weighted by Gasteiger charge is 2.32. The van der Waals surface area contributed by atoms with Gasteiger partial charge in [-0.05, 0) is 32.9 Å². The second-order valence-corrected chi connectivity index (χ2v) is 6.57. The lowest BCUT2D eigenvalue weighted by atomic mass is 10.2. The van der Waals surface area contributed by atoms with E-state index in [1.807, 2.05) is 0 Å². The number of nitrogens with zero attached hydrogens (tertiary/aromatic N) is 2. The molecular formula is C17H22N2O5. The number of carbonyl (C=O) groups is 3. The highest BCUT2D eigenvalue weighted by Crippen LogP contribution is 2.15. The average molecular weight is 334 g/mol. The van der Waals surface area contributed by atoms with Gasteiger partial charge in [0.2, 0.25) is 0 Å². The summed E-state index contributed by atoms with van der Waals surface area (Å²) in [6.45, 7) is 5.79. The number of benzene rings is 1. The molecule has 0 atom stereocenters. The van der Waals surface area contributed by atoms with Crippen LogP contribution in [0.1, 0.15) is 27.2 Å². The van der Waals surface area contributed by atoms with Crippen LogP contribution in [0, 0.1) is 0 Å². The molecule has 0 bridgehead atoms. The van der Waals surface area contributed by atoms with E-state index in [9.17, 15) is 14.4 Å². The summed E-state index contributed by atoms with van der Waals surface area (Å²) in [7, 11) is 0. The Morgan fingerprint density at radius 1 is 1.17 bits per heavy atom. The van der Waals surface area contributed by atoms with Gasteiger partial charge in [-0.15, -0.1) is 0 Å². The minimum absolute atomic E-state index is 0.0493. The number of para-hydroxylation sites is 1. The number of hydrogen-bond acceptors (Lipinski definition) is 6. The molecule has 0 saturated carbocycles. The number of amides is 2. The summed E-state index contributed by atoms with van der Waals surface area (Å²) >= 11 is 0. The number of hydrogen-bond donors (Lipinski definition) is 0. The molecule has 1 aromatic rings. The Morgan fingerprint density at radius 3 is 2.38 bits per heavy atom. The van der Waals surface area contributed by atoms with Crippen molar-refractivity contribution in [2.75, 3.05) is 19.8 Å². The number of imide groups is 1. The van der Waals surface area contributed by atoms with Gasteiger partial charge in [0, 0.05) is 13.0 Å². The molecule has 1 fully saturated rings. The summed E-state index contributed by atoms with van der Waals surface area (Å²) in [5.74, 6) is 0.407. The molecule has 0 aromatic heterocycles. The molecule has 0 N–H and O–H groups in total. The molecule has 130 valence electrons. The minimum atomic E-state index is -0.838. The summed E-state index contributed by atoms with van der Waals surface area (Å²) < 4.78 is 10.5. The molecule has 0 unspecified atom stereocenters. The summed E-state index contributed by atoms with van der Waals surface area (Å²) in [6, 6.07) is 8.47. The SMILES string of the molecule is CC(C)(C)OC(=O)N(CN1CCC(=O)C1)C(=O)Oc1ccccc1. The topological polar surface area (TPSA) is 76.2 Å². The summed E-state index contributed by atoms with van der Waals surface area (Å²) in [4.78, 5) is 38.7. The summed E-state index contributed by atoms with van der Waals surface area (Å²) in [5, 5.41) is 0. The van der Waals surface area contributed by atoms with Gasteiger partial charge in [0.25, 0.3) is 0 Å². The molecule has 0 spiro atoms. The maximum absolute atomic E-state index is 12.4. The Kier molecular flexibility index (Phi) is 5.56. The molecule has 7 nitrogen and oxygen atoms in total. The minimum Gasteiger partial charge on any atom is -0.443 e. The quantitative estimate of drug-likeness (QED) is 0.846. The van der Waals surface area contributed by atoms with E-state index in [-0.39, 0.29) is 19.0 Å². The van der Waals surface area contributed by atoms with Crippen molar-refractivity contribution in [3.63, 3.8) is 0 Å². The second kappa shape index (κ2) is 7.44. The average Bonchev–Trinajstić information content (AvgIpc) is 2.89. The van der Waals surface area contributed by atoms with Crippen LogP contribution in [0.2, 0.25) is 0 Å². The van der Waals surface area contributed by atoms with E-state index < -0.39 is 17.8 Å². The smallest absolute Gasteiger partial charge is 0.425 e. The number of ether oxygens (including phenoxy) is 2. The zero-order chi connectivity index (χ0) is 17.7. The van der Waals surface area contributed by atoms with Gasteiger partial charge < -0.3 is 9.47 Å². The number of rotatable bonds is 3. The van der Waals surface area contributed by atoms with E-state index >= 15 is 0 Å². The molecule has 7 heteroatoms. The third kappa shape index (κ3) is 5.34. The van der Waals surface area contributed by atoms with Gasteiger partial charge in [0.1, 0.15) is 17.1 Å². The van der Waals surface area contributed by atoms with E-state index in [1.54, 1.807) is 56.0 Å². The number of likely N-dealkylation sites (tertiary alicyclic amines) is 1. The van der Waals surface area contributed by atoms with Crippen LogP contribution in [0.3, 0.4) is 0 Å². The molecule has 1 aromatic carbocycles. The maximum Gasteiger partial charge on any atom is 0.425 e. The van der Waals surface area contributed by atoms with Crippen LogP contribution in [0.4, 0.5) is 9.59 Å². The molecule has 2 amide bonds. The van der Waals surface area contributed by atoms with Crippen molar-refractivity contribution < 1.29 is 23.9 Å². The van der Waals surface area contributed by atoms with Gasteiger partial charge in [-0.25, -0.2) is 9.59 Å². The Labute approximate surface area is 141 Å². The molecule has 24 heavy (non-hydrogen) atoms. The van der Waals surface area contributed by atoms with Crippen LogP contribution in [0.5, 0.6) is 5.75 Å². The maximum atomic E-state index is 12.4. The van der Waals surface area contributed by atoms with Crippen LogP contribution in [-0.2, 0) is 9.53 Å². The van der Waals surface area contributed by atoms with Crippen molar-refractivity contribution in [3.8, 4) is 5.75 Å². The van der Waals surface area contributed by atoms with Crippen molar-refractivity contribution in [1.29, 1.82) is 0 Å². The number of Topliss-reactive ketones (excluding diaryl/α,β-unsaturated/α-hetero) is 1. The molecule has 0 radical (unpaired) electrons. The molecule has 2 rings (SSSR count). The fourth-order valence-corrected chi connectivity index (χ4v) is 2.16. The van der Waals surface area contributed by atoms with Gasteiger partial charge in [-0.1, -0.05) is 18.2 Å². The predicted molar refractivity (Wildman–Crippen MR) is 86.6 cm³/mol. The monoisotopic (exact) mass is 334 g/mol. The highest BCUT2D eigenvalue weighted by molar-refractivity contribution is 5.89. The van der Waals surface area contributed by atoms with E-state index in [2.05, 4.69) is 0 Å². The van der Waals surface area contributed by atoms with Gasteiger partial charge in [-0.2, -0.15) is 4.90 Å². The zero-order valence-corrected chi connectivity index (χ0v) is 14.2. The Bertz CT molecular complexity index is 609. The fraction of sp³-hybridized carbons (Fsp3) is 0.471. The largest absolute Gasteiger partial charge is 0.443 e. The lowest BCUT2D eigenvalue weighted by molar-refractivity contribution is -0.117. The van der Waals surface area contributed by atoms with Crippen molar-refractivity contribution >= 4 is 18.0 Å². The molecule has 0 aliphatic carbocycles. The first-order valence-electron chi connectivity index (χ1n) is 7.76. The van der Waals surface area contributed by atoms with Crippen LogP contribution >= 0.6 is 0 Å². The first-order valence-corrected chi connectivity index (χ1v) is 7.76. The Morgan fingerprint density at radius 2 is 1.83 bits per heavy atom. The van der Waals surface area contributed by atoms with Gasteiger partial charge in [-0.3, -0.25) is 9.69 Å². The standard InChI is InChI=1S/C17H22N2O5/c1-17(2,3)24-16(22)19(12-18-10-9-13(20)11-18)15(21)23-14-7-5-4-6-8-14/h4-8H,9-12H2,1-3H3. The van der Waals surface area contributed by atoms with Crippen molar-refractivity contribution in [1.82, 2.24) is 9.80 Å². The molecular weight excluding hydrogens is 312 g/mol. The fourth-order valence-electron chi connectivity index (χ4n) is 2.16. The van der Waals surface area contributed by atoms with E-state index in [0.29, 0.717) is 18.7 Å². The van der Waals surface area contributed by atoms with Crippen LogP contribution in [0.25, 0.3) is 0 Å². The van der Waals surface area contributed by atoms with Gasteiger partial charge >= 0.3 is 12.2 Å². The highest BCUT2D eigenvalue weighted by atomic mass is 16.6. The summed E-state index contributed by atoms with van der Waals surface area (Å²) in [6.07, 6.45) is -1.23. The summed E-state index contributed by atoms with van der Waals surface area (Å²) in [5.41, 5.74) is -0.747. The van der Waals surface area contributed by atoms with E-state index in [4.69, 9.17) is 9.47 Å². The predicted octanol–water partition coefficient (Wildman–Crippen LogP) is 2.65. The third-order valence-corrected chi connectivity index (χ3v) is 3.23. The van der Waals surface area contributed by atoms with Crippen LogP contribution in [0.15, 0.2) is 30.3 Å². The van der Waals surface area contributed by atoms with Crippen LogP contribution in [-0.4, -0.2) is 53.1 Å². The lowest BCUT2D eigenvalue weighted by Gasteiger charge is -2.28. The molecule has 1 aliphatic heterocycles.